The molecule has 3 nitrogen and oxygen atoms in total. The number of rotatable bonds is 6. The molecular formula is C18H23NO2. The summed E-state index contributed by atoms with van der Waals surface area (Å²) in [6, 6.07) is 14.8. The molecule has 0 aliphatic heterocycles. The van der Waals surface area contributed by atoms with Crippen molar-refractivity contribution >= 4 is 5.69 Å². The van der Waals surface area contributed by atoms with E-state index >= 15 is 0 Å². The minimum absolute atomic E-state index is 0.774. The fourth-order valence-corrected chi connectivity index (χ4v) is 2.31. The van der Waals surface area contributed by atoms with Gasteiger partial charge in [0.05, 0.1) is 14.2 Å². The maximum absolute atomic E-state index is 5.35. The Labute approximate surface area is 127 Å². The predicted octanol–water partition coefficient (Wildman–Crippen LogP) is 3.56. The molecule has 0 fully saturated rings. The molecule has 21 heavy (non-hydrogen) atoms. The Morgan fingerprint density at radius 3 is 2.10 bits per heavy atom. The molecule has 0 N–H and O–H groups in total. The predicted molar refractivity (Wildman–Crippen MR) is 87.7 cm³/mol. The van der Waals surface area contributed by atoms with Gasteiger partial charge in [0.15, 0.2) is 11.5 Å². The topological polar surface area (TPSA) is 21.7 Å². The monoisotopic (exact) mass is 285 g/mol. The maximum Gasteiger partial charge on any atom is 0.160 e. The maximum atomic E-state index is 5.35. The lowest BCUT2D eigenvalue weighted by molar-refractivity contribution is 0.354. The summed E-state index contributed by atoms with van der Waals surface area (Å²) in [6.07, 6.45) is 1.99. The lowest BCUT2D eigenvalue weighted by Gasteiger charge is -2.14. The van der Waals surface area contributed by atoms with Crippen molar-refractivity contribution in [3.05, 3.63) is 53.6 Å². The van der Waals surface area contributed by atoms with Crippen LogP contribution in [0.1, 0.15) is 11.1 Å². The van der Waals surface area contributed by atoms with Gasteiger partial charge in [-0.3, -0.25) is 0 Å². The molecule has 3 heteroatoms. The zero-order valence-corrected chi connectivity index (χ0v) is 13.2. The third-order valence-corrected chi connectivity index (χ3v) is 3.58. The van der Waals surface area contributed by atoms with Gasteiger partial charge >= 0.3 is 0 Å². The summed E-state index contributed by atoms with van der Waals surface area (Å²) in [5.41, 5.74) is 3.83. The van der Waals surface area contributed by atoms with Crippen LogP contribution in [-0.2, 0) is 12.8 Å². The molecular weight excluding hydrogens is 262 g/mol. The summed E-state index contributed by atoms with van der Waals surface area (Å²) in [6.45, 7) is 0. The standard InChI is InChI=1S/C18H23NO2/c1-19(2)16-7-5-6-14(12-16)8-9-15-10-11-17(20-3)18(13-15)21-4/h5-7,10-13H,8-9H2,1-4H3. The lowest BCUT2D eigenvalue weighted by Crippen LogP contribution is -2.08. The SMILES string of the molecule is COc1ccc(CCc2cccc(N(C)C)c2)cc1OC. The van der Waals surface area contributed by atoms with Gasteiger partial charge in [-0.1, -0.05) is 18.2 Å². The largest absolute Gasteiger partial charge is 0.493 e. The first-order valence-corrected chi connectivity index (χ1v) is 7.11. The van der Waals surface area contributed by atoms with E-state index in [2.05, 4.69) is 55.4 Å². The van der Waals surface area contributed by atoms with E-state index in [1.165, 1.54) is 16.8 Å². The van der Waals surface area contributed by atoms with E-state index in [1.807, 2.05) is 6.07 Å². The van der Waals surface area contributed by atoms with Crippen LogP contribution >= 0.6 is 0 Å². The van der Waals surface area contributed by atoms with Crippen molar-refractivity contribution in [3.8, 4) is 11.5 Å². The second-order valence-electron chi connectivity index (χ2n) is 5.25. The number of nitrogens with zero attached hydrogens (tertiary/aromatic N) is 1. The second-order valence-corrected chi connectivity index (χ2v) is 5.25. The molecule has 0 heterocycles. The summed E-state index contributed by atoms with van der Waals surface area (Å²) in [5.74, 6) is 1.56. The summed E-state index contributed by atoms with van der Waals surface area (Å²) in [4.78, 5) is 2.12. The molecule has 0 aliphatic carbocycles. The van der Waals surface area contributed by atoms with Gasteiger partial charge in [-0.25, -0.2) is 0 Å². The zero-order valence-electron chi connectivity index (χ0n) is 13.2. The van der Waals surface area contributed by atoms with Crippen molar-refractivity contribution in [2.75, 3.05) is 33.2 Å². The van der Waals surface area contributed by atoms with Gasteiger partial charge in [-0.05, 0) is 48.2 Å². The van der Waals surface area contributed by atoms with E-state index in [4.69, 9.17) is 9.47 Å². The first kappa shape index (κ1) is 15.2. The zero-order chi connectivity index (χ0) is 15.2. The Balaban J connectivity index is 2.07. The highest BCUT2D eigenvalue weighted by atomic mass is 16.5. The molecule has 0 bridgehead atoms. The van der Waals surface area contributed by atoms with Crippen LogP contribution in [0.5, 0.6) is 11.5 Å². The van der Waals surface area contributed by atoms with Gasteiger partial charge in [-0.15, -0.1) is 0 Å². The quantitative estimate of drug-likeness (QED) is 0.810. The minimum Gasteiger partial charge on any atom is -0.493 e. The normalized spacial score (nSPS) is 10.3. The Bertz CT molecular complexity index is 594. The summed E-state index contributed by atoms with van der Waals surface area (Å²) < 4.78 is 10.6. The van der Waals surface area contributed by atoms with Crippen LogP contribution in [0.4, 0.5) is 5.69 Å². The number of benzene rings is 2. The number of methoxy groups -OCH3 is 2. The van der Waals surface area contributed by atoms with E-state index in [1.54, 1.807) is 14.2 Å². The number of ether oxygens (including phenoxy) is 2. The highest BCUT2D eigenvalue weighted by molar-refractivity contribution is 5.47. The molecule has 0 unspecified atom stereocenters. The summed E-state index contributed by atoms with van der Waals surface area (Å²) >= 11 is 0. The van der Waals surface area contributed by atoms with E-state index < -0.39 is 0 Å². The molecule has 2 aromatic rings. The van der Waals surface area contributed by atoms with Crippen LogP contribution in [-0.4, -0.2) is 28.3 Å². The van der Waals surface area contributed by atoms with Gasteiger partial charge in [0.2, 0.25) is 0 Å². The van der Waals surface area contributed by atoms with E-state index in [0.717, 1.165) is 24.3 Å². The molecule has 2 rings (SSSR count). The van der Waals surface area contributed by atoms with Crippen molar-refractivity contribution in [1.29, 1.82) is 0 Å². The molecule has 112 valence electrons. The Morgan fingerprint density at radius 1 is 0.810 bits per heavy atom. The van der Waals surface area contributed by atoms with Gasteiger partial charge in [0, 0.05) is 19.8 Å². The molecule has 0 aromatic heterocycles. The Kier molecular flexibility index (Phi) is 5.09. The smallest absolute Gasteiger partial charge is 0.160 e. The van der Waals surface area contributed by atoms with Crippen LogP contribution in [0.25, 0.3) is 0 Å². The van der Waals surface area contributed by atoms with Gasteiger partial charge in [-0.2, -0.15) is 0 Å². The van der Waals surface area contributed by atoms with Crippen molar-refractivity contribution in [1.82, 2.24) is 0 Å². The minimum atomic E-state index is 0.774. The lowest BCUT2D eigenvalue weighted by atomic mass is 10.0. The number of anilines is 1. The van der Waals surface area contributed by atoms with Gasteiger partial charge in [0.25, 0.3) is 0 Å². The van der Waals surface area contributed by atoms with Crippen LogP contribution in [0.3, 0.4) is 0 Å². The van der Waals surface area contributed by atoms with Crippen LogP contribution < -0.4 is 14.4 Å². The van der Waals surface area contributed by atoms with Crippen LogP contribution in [0, 0.1) is 0 Å². The summed E-state index contributed by atoms with van der Waals surface area (Å²) in [5, 5.41) is 0. The van der Waals surface area contributed by atoms with Crippen LogP contribution in [0.2, 0.25) is 0 Å². The number of aryl methyl sites for hydroxylation is 2. The number of hydrogen-bond acceptors (Lipinski definition) is 3. The molecule has 0 atom stereocenters. The molecule has 0 radical (unpaired) electrons. The molecule has 0 saturated heterocycles. The summed E-state index contributed by atoms with van der Waals surface area (Å²) in [7, 11) is 7.45. The fraction of sp³-hybridized carbons (Fsp3) is 0.333. The molecule has 0 aliphatic rings. The molecule has 0 spiro atoms. The van der Waals surface area contributed by atoms with E-state index in [-0.39, 0.29) is 0 Å². The van der Waals surface area contributed by atoms with E-state index in [0.29, 0.717) is 0 Å². The first-order chi connectivity index (χ1) is 10.1. The van der Waals surface area contributed by atoms with Crippen molar-refractivity contribution in [2.45, 2.75) is 12.8 Å². The second kappa shape index (κ2) is 7.02. The fourth-order valence-electron chi connectivity index (χ4n) is 2.31. The third kappa shape index (κ3) is 3.91. The van der Waals surface area contributed by atoms with Gasteiger partial charge < -0.3 is 14.4 Å². The average molecular weight is 285 g/mol. The number of hydrogen-bond donors (Lipinski definition) is 0. The van der Waals surface area contributed by atoms with E-state index in [9.17, 15) is 0 Å². The van der Waals surface area contributed by atoms with Crippen LogP contribution in [0.15, 0.2) is 42.5 Å². The van der Waals surface area contributed by atoms with Crippen molar-refractivity contribution < 1.29 is 9.47 Å². The average Bonchev–Trinajstić information content (AvgIpc) is 2.52. The van der Waals surface area contributed by atoms with Gasteiger partial charge in [0.1, 0.15) is 0 Å². The molecule has 2 aromatic carbocycles. The first-order valence-electron chi connectivity index (χ1n) is 7.11. The highest BCUT2D eigenvalue weighted by Crippen LogP contribution is 2.28. The van der Waals surface area contributed by atoms with Crippen molar-refractivity contribution in [3.63, 3.8) is 0 Å². The molecule has 0 amide bonds. The third-order valence-electron chi connectivity index (χ3n) is 3.58. The van der Waals surface area contributed by atoms with Crippen molar-refractivity contribution in [2.24, 2.45) is 0 Å². The Hall–Kier alpha value is -2.16. The highest BCUT2D eigenvalue weighted by Gasteiger charge is 2.05. The Morgan fingerprint density at radius 2 is 1.48 bits per heavy atom. The molecule has 0 saturated carbocycles.